The summed E-state index contributed by atoms with van der Waals surface area (Å²) in [6.45, 7) is 2.64. The molecule has 0 fully saturated rings. The van der Waals surface area contributed by atoms with Gasteiger partial charge in [-0.1, -0.05) is 0 Å². The van der Waals surface area contributed by atoms with E-state index in [4.69, 9.17) is 9.47 Å². The number of ether oxygens (including phenoxy) is 2. The van der Waals surface area contributed by atoms with Crippen LogP contribution in [0.25, 0.3) is 0 Å². The van der Waals surface area contributed by atoms with Gasteiger partial charge in [-0.2, -0.15) is 4.98 Å². The largest absolute Gasteiger partial charge is 0.480 e. The standard InChI is InChI=1S/C10H15N3O3/c1-3-16-10(14)4-5-12-8-6-11-7-9(13-8)15-2/h6-7H,3-5H2,1-2H3,(H,12,13). The van der Waals surface area contributed by atoms with E-state index in [9.17, 15) is 4.79 Å². The van der Waals surface area contributed by atoms with E-state index in [1.54, 1.807) is 13.1 Å². The third-order valence-corrected chi connectivity index (χ3v) is 1.76. The molecule has 16 heavy (non-hydrogen) atoms. The molecule has 0 bridgehead atoms. The second-order valence-electron chi connectivity index (χ2n) is 2.93. The van der Waals surface area contributed by atoms with Crippen molar-refractivity contribution in [2.24, 2.45) is 0 Å². The predicted molar refractivity (Wildman–Crippen MR) is 58.3 cm³/mol. The third-order valence-electron chi connectivity index (χ3n) is 1.76. The van der Waals surface area contributed by atoms with Gasteiger partial charge in [0.05, 0.1) is 32.5 Å². The summed E-state index contributed by atoms with van der Waals surface area (Å²) in [7, 11) is 1.52. The van der Waals surface area contributed by atoms with Crippen molar-refractivity contribution in [3.05, 3.63) is 12.4 Å². The molecule has 0 aliphatic carbocycles. The van der Waals surface area contributed by atoms with E-state index in [-0.39, 0.29) is 5.97 Å². The van der Waals surface area contributed by atoms with Crippen LogP contribution in [0.15, 0.2) is 12.4 Å². The fourth-order valence-electron chi connectivity index (χ4n) is 1.06. The summed E-state index contributed by atoms with van der Waals surface area (Å²) in [4.78, 5) is 19.0. The second kappa shape index (κ2) is 6.60. The van der Waals surface area contributed by atoms with Crippen molar-refractivity contribution in [1.82, 2.24) is 9.97 Å². The van der Waals surface area contributed by atoms with Gasteiger partial charge in [-0.3, -0.25) is 9.78 Å². The monoisotopic (exact) mass is 225 g/mol. The van der Waals surface area contributed by atoms with Gasteiger partial charge in [0, 0.05) is 6.54 Å². The first-order valence-electron chi connectivity index (χ1n) is 5.01. The van der Waals surface area contributed by atoms with Crippen molar-refractivity contribution < 1.29 is 14.3 Å². The summed E-state index contributed by atoms with van der Waals surface area (Å²) in [6, 6.07) is 0. The summed E-state index contributed by atoms with van der Waals surface area (Å²) >= 11 is 0. The first-order chi connectivity index (χ1) is 7.76. The van der Waals surface area contributed by atoms with Crippen LogP contribution in [0.2, 0.25) is 0 Å². The average Bonchev–Trinajstić information content (AvgIpc) is 2.30. The number of rotatable bonds is 6. The first kappa shape index (κ1) is 12.2. The van der Waals surface area contributed by atoms with Crippen LogP contribution in [0.5, 0.6) is 5.88 Å². The van der Waals surface area contributed by atoms with Gasteiger partial charge in [-0.15, -0.1) is 0 Å². The lowest BCUT2D eigenvalue weighted by Gasteiger charge is -2.05. The molecule has 0 saturated carbocycles. The van der Waals surface area contributed by atoms with Gasteiger partial charge >= 0.3 is 5.97 Å². The molecule has 0 aliphatic heterocycles. The Kier molecular flexibility index (Phi) is 5.04. The van der Waals surface area contributed by atoms with Crippen LogP contribution in [0.4, 0.5) is 5.82 Å². The molecule has 0 saturated heterocycles. The number of nitrogens with one attached hydrogen (secondary N) is 1. The van der Waals surface area contributed by atoms with Crippen molar-refractivity contribution in [1.29, 1.82) is 0 Å². The molecule has 0 aliphatic rings. The van der Waals surface area contributed by atoms with Crippen LogP contribution in [0.1, 0.15) is 13.3 Å². The van der Waals surface area contributed by atoms with E-state index in [2.05, 4.69) is 15.3 Å². The fraction of sp³-hybridized carbons (Fsp3) is 0.500. The van der Waals surface area contributed by atoms with Gasteiger partial charge < -0.3 is 14.8 Å². The first-order valence-corrected chi connectivity index (χ1v) is 5.01. The van der Waals surface area contributed by atoms with Crippen molar-refractivity contribution in [2.45, 2.75) is 13.3 Å². The van der Waals surface area contributed by atoms with E-state index < -0.39 is 0 Å². The van der Waals surface area contributed by atoms with Gasteiger partial charge in [-0.05, 0) is 6.92 Å². The smallest absolute Gasteiger partial charge is 0.307 e. The van der Waals surface area contributed by atoms with Gasteiger partial charge in [0.2, 0.25) is 5.88 Å². The normalized spacial score (nSPS) is 9.62. The minimum atomic E-state index is -0.231. The summed E-state index contributed by atoms with van der Waals surface area (Å²) in [5.41, 5.74) is 0. The molecule has 0 aromatic carbocycles. The molecule has 1 aromatic heterocycles. The van der Waals surface area contributed by atoms with E-state index in [1.165, 1.54) is 13.3 Å². The zero-order chi connectivity index (χ0) is 11.8. The zero-order valence-corrected chi connectivity index (χ0v) is 9.40. The number of esters is 1. The van der Waals surface area contributed by atoms with Crippen LogP contribution in [-0.4, -0.2) is 36.2 Å². The maximum Gasteiger partial charge on any atom is 0.307 e. The SMILES string of the molecule is CCOC(=O)CCNc1cncc(OC)n1. The van der Waals surface area contributed by atoms with E-state index in [0.717, 1.165) is 0 Å². The predicted octanol–water partition coefficient (Wildman–Crippen LogP) is 0.850. The number of aromatic nitrogens is 2. The minimum Gasteiger partial charge on any atom is -0.480 e. The van der Waals surface area contributed by atoms with Gasteiger partial charge in [0.25, 0.3) is 0 Å². The Bertz CT molecular complexity index is 344. The number of methoxy groups -OCH3 is 1. The lowest BCUT2D eigenvalue weighted by molar-refractivity contribution is -0.142. The molecule has 88 valence electrons. The number of hydrogen-bond donors (Lipinski definition) is 1. The molecule has 6 nitrogen and oxygen atoms in total. The summed E-state index contributed by atoms with van der Waals surface area (Å²) in [5, 5.41) is 2.95. The Hall–Kier alpha value is -1.85. The van der Waals surface area contributed by atoms with E-state index in [1.807, 2.05) is 0 Å². The molecular formula is C10H15N3O3. The number of carbonyl (C=O) groups excluding carboxylic acids is 1. The maximum atomic E-state index is 11.0. The quantitative estimate of drug-likeness (QED) is 0.723. The highest BCUT2D eigenvalue weighted by Crippen LogP contribution is 2.07. The molecule has 0 atom stereocenters. The van der Waals surface area contributed by atoms with Gasteiger partial charge in [0.1, 0.15) is 5.82 Å². The van der Waals surface area contributed by atoms with Crippen molar-refractivity contribution in [3.8, 4) is 5.88 Å². The molecule has 1 rings (SSSR count). The topological polar surface area (TPSA) is 73.3 Å². The van der Waals surface area contributed by atoms with Crippen LogP contribution < -0.4 is 10.1 Å². The van der Waals surface area contributed by atoms with Crippen molar-refractivity contribution in [2.75, 3.05) is 25.6 Å². The van der Waals surface area contributed by atoms with Crippen molar-refractivity contribution >= 4 is 11.8 Å². The molecule has 6 heteroatoms. The highest BCUT2D eigenvalue weighted by molar-refractivity contribution is 5.69. The van der Waals surface area contributed by atoms with Crippen molar-refractivity contribution in [3.63, 3.8) is 0 Å². The highest BCUT2D eigenvalue weighted by Gasteiger charge is 2.02. The number of nitrogens with zero attached hydrogens (tertiary/aromatic N) is 2. The number of anilines is 1. The fourth-order valence-corrected chi connectivity index (χ4v) is 1.06. The van der Waals surface area contributed by atoms with Crippen LogP contribution >= 0.6 is 0 Å². The number of carbonyl (C=O) groups is 1. The minimum absolute atomic E-state index is 0.231. The average molecular weight is 225 g/mol. The molecule has 0 amide bonds. The molecule has 0 radical (unpaired) electrons. The molecule has 0 spiro atoms. The molecule has 1 heterocycles. The van der Waals surface area contributed by atoms with E-state index >= 15 is 0 Å². The Morgan fingerprint density at radius 2 is 2.31 bits per heavy atom. The van der Waals surface area contributed by atoms with Crippen LogP contribution in [0.3, 0.4) is 0 Å². The lowest BCUT2D eigenvalue weighted by atomic mass is 10.4. The number of hydrogen-bond acceptors (Lipinski definition) is 6. The highest BCUT2D eigenvalue weighted by atomic mass is 16.5. The zero-order valence-electron chi connectivity index (χ0n) is 9.40. The molecule has 1 N–H and O–H groups in total. The summed E-state index contributed by atoms with van der Waals surface area (Å²) in [5.74, 6) is 0.774. The Labute approximate surface area is 94.0 Å². The van der Waals surface area contributed by atoms with Gasteiger partial charge in [-0.25, -0.2) is 0 Å². The second-order valence-corrected chi connectivity index (χ2v) is 2.93. The molecular weight excluding hydrogens is 210 g/mol. The van der Waals surface area contributed by atoms with Crippen LogP contribution in [0, 0.1) is 0 Å². The lowest BCUT2D eigenvalue weighted by Crippen LogP contribution is -2.12. The third kappa shape index (κ3) is 4.12. The van der Waals surface area contributed by atoms with Crippen LogP contribution in [-0.2, 0) is 9.53 Å². The van der Waals surface area contributed by atoms with E-state index in [0.29, 0.717) is 31.3 Å². The summed E-state index contributed by atoms with van der Waals surface area (Å²) < 4.78 is 9.70. The molecule has 0 unspecified atom stereocenters. The Morgan fingerprint density at radius 1 is 1.50 bits per heavy atom. The maximum absolute atomic E-state index is 11.0. The Balaban J connectivity index is 2.34. The van der Waals surface area contributed by atoms with Gasteiger partial charge in [0.15, 0.2) is 0 Å². The summed E-state index contributed by atoms with van der Waals surface area (Å²) in [6.07, 6.45) is 3.37. The molecule has 1 aromatic rings. The Morgan fingerprint density at radius 3 is 3.00 bits per heavy atom.